The molecule has 0 radical (unpaired) electrons. The number of hydrogen-bond donors (Lipinski definition) is 1. The molecule has 6 heteroatoms. The van der Waals surface area contributed by atoms with Crippen molar-refractivity contribution in [3.63, 3.8) is 0 Å². The molecule has 1 fully saturated rings. The number of para-hydroxylation sites is 2. The number of imidazole rings is 1. The smallest absolute Gasteiger partial charge is 0.149 e. The molecule has 1 N–H and O–H groups in total. The molecule has 0 amide bonds. The van der Waals surface area contributed by atoms with Gasteiger partial charge in [-0.3, -0.25) is 0 Å². The monoisotopic (exact) mass is 435 g/mol. The highest BCUT2D eigenvalue weighted by Gasteiger charge is 2.17. The van der Waals surface area contributed by atoms with Crippen LogP contribution in [0.25, 0.3) is 22.7 Å². The normalized spacial score (nSPS) is 14.4. The number of nitriles is 1. The van der Waals surface area contributed by atoms with E-state index in [1.807, 2.05) is 42.5 Å². The van der Waals surface area contributed by atoms with E-state index in [2.05, 4.69) is 62.2 Å². The molecule has 3 aromatic carbocycles. The maximum absolute atomic E-state index is 9.67. The van der Waals surface area contributed by atoms with Gasteiger partial charge in [-0.25, -0.2) is 4.98 Å². The molecule has 1 aliphatic heterocycles. The largest absolute Gasteiger partial charge is 0.497 e. The maximum Gasteiger partial charge on any atom is 0.149 e. The molecule has 33 heavy (non-hydrogen) atoms. The molecule has 0 bridgehead atoms. The number of benzene rings is 3. The molecule has 0 spiro atoms. The molecule has 6 nitrogen and oxygen atoms in total. The van der Waals surface area contributed by atoms with Crippen LogP contribution in [0.2, 0.25) is 0 Å². The Kier molecular flexibility index (Phi) is 5.69. The van der Waals surface area contributed by atoms with E-state index in [1.165, 1.54) is 11.4 Å². The van der Waals surface area contributed by atoms with Gasteiger partial charge in [-0.05, 0) is 60.2 Å². The molecule has 1 aromatic heterocycles. The van der Waals surface area contributed by atoms with E-state index in [9.17, 15) is 5.26 Å². The van der Waals surface area contributed by atoms with Crippen molar-refractivity contribution in [1.82, 2.24) is 9.97 Å². The summed E-state index contributed by atoms with van der Waals surface area (Å²) in [6, 6.07) is 26.7. The van der Waals surface area contributed by atoms with Gasteiger partial charge in [0, 0.05) is 37.6 Å². The van der Waals surface area contributed by atoms with Crippen molar-refractivity contribution in [2.24, 2.45) is 0 Å². The predicted molar refractivity (Wildman–Crippen MR) is 133 cm³/mol. The lowest BCUT2D eigenvalue weighted by Gasteiger charge is -2.37. The third-order valence-corrected chi connectivity index (χ3v) is 6.05. The van der Waals surface area contributed by atoms with Crippen molar-refractivity contribution in [2.75, 3.05) is 43.1 Å². The van der Waals surface area contributed by atoms with E-state index in [1.54, 1.807) is 7.11 Å². The summed E-state index contributed by atoms with van der Waals surface area (Å²) >= 11 is 0. The van der Waals surface area contributed by atoms with Crippen molar-refractivity contribution in [1.29, 1.82) is 5.26 Å². The Morgan fingerprint density at radius 3 is 2.09 bits per heavy atom. The van der Waals surface area contributed by atoms with Crippen LogP contribution in [0, 0.1) is 11.3 Å². The van der Waals surface area contributed by atoms with Gasteiger partial charge in [-0.15, -0.1) is 0 Å². The quantitative estimate of drug-likeness (QED) is 0.449. The number of rotatable bonds is 5. The fraction of sp³-hybridized carbons (Fsp3) is 0.185. The van der Waals surface area contributed by atoms with Gasteiger partial charge in [0.15, 0.2) is 0 Å². The Balaban J connectivity index is 1.26. The number of aromatic nitrogens is 2. The van der Waals surface area contributed by atoms with Gasteiger partial charge in [0.25, 0.3) is 0 Å². The van der Waals surface area contributed by atoms with Crippen LogP contribution in [0.15, 0.2) is 72.8 Å². The fourth-order valence-electron chi connectivity index (χ4n) is 4.20. The molecule has 0 saturated carbocycles. The van der Waals surface area contributed by atoms with Crippen LogP contribution in [0.4, 0.5) is 11.4 Å². The SMILES string of the molecule is COc1ccc(N2CCN(c3ccc(/C=C(\C#N)c4nc5ccccc5[nH]4)cc3)CC2)cc1. The van der Waals surface area contributed by atoms with Crippen LogP contribution < -0.4 is 14.5 Å². The first-order chi connectivity index (χ1) is 16.2. The zero-order valence-corrected chi connectivity index (χ0v) is 18.5. The molecular weight excluding hydrogens is 410 g/mol. The minimum atomic E-state index is 0.520. The molecule has 1 saturated heterocycles. The lowest BCUT2D eigenvalue weighted by Crippen LogP contribution is -2.46. The summed E-state index contributed by atoms with van der Waals surface area (Å²) in [5, 5.41) is 9.67. The highest BCUT2D eigenvalue weighted by Crippen LogP contribution is 2.24. The van der Waals surface area contributed by atoms with Gasteiger partial charge < -0.3 is 19.5 Å². The second-order valence-corrected chi connectivity index (χ2v) is 8.04. The number of H-pyrrole nitrogens is 1. The first-order valence-corrected chi connectivity index (χ1v) is 11.0. The van der Waals surface area contributed by atoms with Crippen LogP contribution in [0.5, 0.6) is 5.75 Å². The topological polar surface area (TPSA) is 68.2 Å². The third kappa shape index (κ3) is 4.39. The van der Waals surface area contributed by atoms with Gasteiger partial charge in [-0.1, -0.05) is 24.3 Å². The van der Waals surface area contributed by atoms with Crippen molar-refractivity contribution in [3.8, 4) is 11.8 Å². The van der Waals surface area contributed by atoms with E-state index >= 15 is 0 Å². The number of ether oxygens (including phenoxy) is 1. The minimum absolute atomic E-state index is 0.520. The molecular formula is C27H25N5O. The fourth-order valence-corrected chi connectivity index (χ4v) is 4.20. The second-order valence-electron chi connectivity index (χ2n) is 8.04. The highest BCUT2D eigenvalue weighted by molar-refractivity contribution is 5.90. The summed E-state index contributed by atoms with van der Waals surface area (Å²) in [5.74, 6) is 1.48. The average molecular weight is 436 g/mol. The lowest BCUT2D eigenvalue weighted by atomic mass is 10.1. The minimum Gasteiger partial charge on any atom is -0.497 e. The van der Waals surface area contributed by atoms with Crippen molar-refractivity contribution in [2.45, 2.75) is 0 Å². The summed E-state index contributed by atoms with van der Waals surface area (Å²) in [5.41, 5.74) is 5.71. The van der Waals surface area contributed by atoms with Gasteiger partial charge in [-0.2, -0.15) is 5.26 Å². The summed E-state index contributed by atoms with van der Waals surface area (Å²) < 4.78 is 5.26. The van der Waals surface area contributed by atoms with E-state index in [0.29, 0.717) is 11.4 Å². The number of piperazine rings is 1. The molecule has 0 atom stereocenters. The number of fused-ring (bicyclic) bond motifs is 1. The molecule has 0 unspecified atom stereocenters. The summed E-state index contributed by atoms with van der Waals surface area (Å²) in [4.78, 5) is 12.6. The average Bonchev–Trinajstić information content (AvgIpc) is 3.32. The number of nitrogens with one attached hydrogen (secondary N) is 1. The summed E-state index contributed by atoms with van der Waals surface area (Å²) in [6.07, 6.45) is 1.88. The van der Waals surface area contributed by atoms with Crippen molar-refractivity contribution >= 4 is 34.1 Å². The molecule has 1 aliphatic rings. The zero-order valence-electron chi connectivity index (χ0n) is 18.5. The van der Waals surface area contributed by atoms with E-state index in [0.717, 1.165) is 48.5 Å². The van der Waals surface area contributed by atoms with E-state index in [-0.39, 0.29) is 0 Å². The van der Waals surface area contributed by atoms with Gasteiger partial charge >= 0.3 is 0 Å². The van der Waals surface area contributed by atoms with Crippen LogP contribution in [-0.4, -0.2) is 43.3 Å². The van der Waals surface area contributed by atoms with E-state index < -0.39 is 0 Å². The first kappa shape index (κ1) is 20.7. The number of nitrogens with zero attached hydrogens (tertiary/aromatic N) is 4. The molecule has 0 aliphatic carbocycles. The number of aromatic amines is 1. The summed E-state index contributed by atoms with van der Waals surface area (Å²) in [7, 11) is 1.69. The predicted octanol–water partition coefficient (Wildman–Crippen LogP) is 4.96. The Bertz CT molecular complexity index is 1270. The third-order valence-electron chi connectivity index (χ3n) is 6.05. The molecule has 164 valence electrons. The first-order valence-electron chi connectivity index (χ1n) is 11.0. The number of hydrogen-bond acceptors (Lipinski definition) is 5. The van der Waals surface area contributed by atoms with Crippen molar-refractivity contribution in [3.05, 3.63) is 84.2 Å². The van der Waals surface area contributed by atoms with Crippen LogP contribution in [-0.2, 0) is 0 Å². The number of anilines is 2. The molecule has 2 heterocycles. The zero-order chi connectivity index (χ0) is 22.6. The van der Waals surface area contributed by atoms with Gasteiger partial charge in [0.1, 0.15) is 17.6 Å². The van der Waals surface area contributed by atoms with Gasteiger partial charge in [0.05, 0.1) is 23.7 Å². The molecule has 5 rings (SSSR count). The molecule has 4 aromatic rings. The standard InChI is InChI=1S/C27H25N5O/c1-33-24-12-10-23(11-13-24)32-16-14-31(15-17-32)22-8-6-20(7-9-22)18-21(19-28)27-29-25-4-2-3-5-26(25)30-27/h2-13,18H,14-17H2,1H3,(H,29,30)/b21-18+. The lowest BCUT2D eigenvalue weighted by molar-refractivity contribution is 0.415. The van der Waals surface area contributed by atoms with E-state index in [4.69, 9.17) is 4.74 Å². The van der Waals surface area contributed by atoms with Crippen LogP contribution >= 0.6 is 0 Å². The second kappa shape index (κ2) is 9.09. The Labute approximate surface area is 193 Å². The maximum atomic E-state index is 9.67. The van der Waals surface area contributed by atoms with Crippen molar-refractivity contribution < 1.29 is 4.74 Å². The summed E-state index contributed by atoms with van der Waals surface area (Å²) in [6.45, 7) is 3.87. The number of methoxy groups -OCH3 is 1. The van der Waals surface area contributed by atoms with Crippen LogP contribution in [0.3, 0.4) is 0 Å². The number of allylic oxidation sites excluding steroid dienone is 1. The highest BCUT2D eigenvalue weighted by atomic mass is 16.5. The Morgan fingerprint density at radius 1 is 0.909 bits per heavy atom. The Morgan fingerprint density at radius 2 is 1.52 bits per heavy atom. The Hall–Kier alpha value is -4.24. The van der Waals surface area contributed by atoms with Gasteiger partial charge in [0.2, 0.25) is 0 Å². The van der Waals surface area contributed by atoms with Crippen LogP contribution in [0.1, 0.15) is 11.4 Å².